The Labute approximate surface area is 87.6 Å². The van der Waals surface area contributed by atoms with Crippen molar-refractivity contribution in [1.29, 1.82) is 0 Å². The molecule has 76 valence electrons. The summed E-state index contributed by atoms with van der Waals surface area (Å²) in [4.78, 5) is 10.4. The Bertz CT molecular complexity index is 451. The highest BCUT2D eigenvalue weighted by Crippen LogP contribution is 2.17. The van der Waals surface area contributed by atoms with Gasteiger partial charge in [-0.05, 0) is 17.7 Å². The summed E-state index contributed by atoms with van der Waals surface area (Å²) in [5.74, 6) is -0.0636. The van der Waals surface area contributed by atoms with Gasteiger partial charge in [0.05, 0.1) is 10.8 Å². The molecule has 0 N–H and O–H groups in total. The van der Waals surface area contributed by atoms with Gasteiger partial charge in [-0.1, -0.05) is 17.7 Å². The number of carbonyl (C=O) groups excluding carboxylic acids is 1. The first-order valence-corrected chi connectivity index (χ1v) is 6.27. The SMILES string of the molecule is CS(=O)(=O)Cc1ccc(C=O)c(Cl)c1. The maximum Gasteiger partial charge on any atom is 0.151 e. The highest BCUT2D eigenvalue weighted by molar-refractivity contribution is 7.89. The van der Waals surface area contributed by atoms with Gasteiger partial charge in [-0.15, -0.1) is 0 Å². The summed E-state index contributed by atoms with van der Waals surface area (Å²) in [6, 6.07) is 4.58. The van der Waals surface area contributed by atoms with E-state index in [4.69, 9.17) is 11.6 Å². The molecule has 1 rings (SSSR count). The van der Waals surface area contributed by atoms with Crippen LogP contribution in [0.2, 0.25) is 5.02 Å². The molecule has 3 nitrogen and oxygen atoms in total. The lowest BCUT2D eigenvalue weighted by molar-refractivity contribution is 0.112. The minimum Gasteiger partial charge on any atom is -0.298 e. The summed E-state index contributed by atoms with van der Waals surface area (Å²) in [7, 11) is -3.06. The van der Waals surface area contributed by atoms with Crippen LogP contribution >= 0.6 is 11.6 Å². The van der Waals surface area contributed by atoms with Crippen molar-refractivity contribution < 1.29 is 13.2 Å². The summed E-state index contributed by atoms with van der Waals surface area (Å²) in [5.41, 5.74) is 0.951. The monoisotopic (exact) mass is 232 g/mol. The molecule has 0 atom stereocenters. The smallest absolute Gasteiger partial charge is 0.151 e. The molecule has 0 aliphatic carbocycles. The molecular formula is C9H9ClO3S. The molecule has 0 unspecified atom stereocenters. The minimum absolute atomic E-state index is 0.0636. The summed E-state index contributed by atoms with van der Waals surface area (Å²) in [6.45, 7) is 0. The number of hydrogen-bond donors (Lipinski definition) is 0. The molecule has 0 saturated carbocycles. The summed E-state index contributed by atoms with van der Waals surface area (Å²) in [5, 5.41) is 0.279. The molecule has 14 heavy (non-hydrogen) atoms. The number of rotatable bonds is 3. The van der Waals surface area contributed by atoms with Crippen molar-refractivity contribution in [2.75, 3.05) is 6.26 Å². The Kier molecular flexibility index (Phi) is 3.29. The van der Waals surface area contributed by atoms with Crippen LogP contribution in [0.4, 0.5) is 0 Å². The van der Waals surface area contributed by atoms with Gasteiger partial charge in [-0.25, -0.2) is 8.42 Å². The molecular weight excluding hydrogens is 224 g/mol. The van der Waals surface area contributed by atoms with Gasteiger partial charge in [0.25, 0.3) is 0 Å². The van der Waals surface area contributed by atoms with E-state index in [0.29, 0.717) is 17.4 Å². The zero-order chi connectivity index (χ0) is 10.8. The molecule has 0 saturated heterocycles. The van der Waals surface area contributed by atoms with Gasteiger partial charge in [0.2, 0.25) is 0 Å². The average molecular weight is 233 g/mol. The van der Waals surface area contributed by atoms with Crippen molar-refractivity contribution in [2.24, 2.45) is 0 Å². The van der Waals surface area contributed by atoms with Crippen LogP contribution in [0.3, 0.4) is 0 Å². The lowest BCUT2D eigenvalue weighted by Gasteiger charge is -2.01. The molecule has 0 bridgehead atoms. The predicted octanol–water partition coefficient (Wildman–Crippen LogP) is 1.70. The van der Waals surface area contributed by atoms with E-state index in [2.05, 4.69) is 0 Å². The fraction of sp³-hybridized carbons (Fsp3) is 0.222. The summed E-state index contributed by atoms with van der Waals surface area (Å²) < 4.78 is 21.9. The Morgan fingerprint density at radius 3 is 2.50 bits per heavy atom. The molecule has 1 aromatic carbocycles. The van der Waals surface area contributed by atoms with Gasteiger partial charge in [-0.3, -0.25) is 4.79 Å². The average Bonchev–Trinajstić information content (AvgIpc) is 2.01. The standard InChI is InChI=1S/C9H9ClO3S/c1-14(12,13)6-7-2-3-8(5-11)9(10)4-7/h2-5H,6H2,1H3. The van der Waals surface area contributed by atoms with Crippen molar-refractivity contribution in [1.82, 2.24) is 0 Å². The summed E-state index contributed by atoms with van der Waals surface area (Å²) in [6.07, 6.45) is 1.78. The van der Waals surface area contributed by atoms with E-state index < -0.39 is 9.84 Å². The van der Waals surface area contributed by atoms with Crippen molar-refractivity contribution in [3.05, 3.63) is 34.3 Å². The Balaban J connectivity index is 3.04. The number of benzene rings is 1. The third-order valence-electron chi connectivity index (χ3n) is 1.62. The number of carbonyl (C=O) groups is 1. The Morgan fingerprint density at radius 1 is 1.43 bits per heavy atom. The van der Waals surface area contributed by atoms with Crippen LogP contribution in [0.25, 0.3) is 0 Å². The molecule has 0 amide bonds. The highest BCUT2D eigenvalue weighted by Gasteiger charge is 2.06. The first-order valence-electron chi connectivity index (χ1n) is 3.84. The van der Waals surface area contributed by atoms with E-state index in [1.165, 1.54) is 12.1 Å². The first kappa shape index (κ1) is 11.2. The molecule has 5 heteroatoms. The van der Waals surface area contributed by atoms with Crippen LogP contribution in [-0.2, 0) is 15.6 Å². The van der Waals surface area contributed by atoms with Gasteiger partial charge in [-0.2, -0.15) is 0 Å². The van der Waals surface area contributed by atoms with E-state index in [-0.39, 0.29) is 10.8 Å². The van der Waals surface area contributed by atoms with Crippen molar-refractivity contribution in [3.63, 3.8) is 0 Å². The number of aldehydes is 1. The molecule has 0 aromatic heterocycles. The van der Waals surface area contributed by atoms with Gasteiger partial charge in [0.1, 0.15) is 0 Å². The maximum atomic E-state index is 11.0. The second-order valence-electron chi connectivity index (χ2n) is 3.04. The molecule has 1 aromatic rings. The first-order chi connectivity index (χ1) is 6.42. The second-order valence-corrected chi connectivity index (χ2v) is 5.59. The third kappa shape index (κ3) is 3.12. The largest absolute Gasteiger partial charge is 0.298 e. The zero-order valence-electron chi connectivity index (χ0n) is 7.53. The van der Waals surface area contributed by atoms with Crippen LogP contribution in [0, 0.1) is 0 Å². The Morgan fingerprint density at radius 2 is 2.07 bits per heavy atom. The number of halogens is 1. The zero-order valence-corrected chi connectivity index (χ0v) is 9.10. The van der Waals surface area contributed by atoms with Crippen LogP contribution in [0.15, 0.2) is 18.2 Å². The fourth-order valence-electron chi connectivity index (χ4n) is 1.06. The topological polar surface area (TPSA) is 51.2 Å². The van der Waals surface area contributed by atoms with Crippen molar-refractivity contribution in [3.8, 4) is 0 Å². The number of hydrogen-bond acceptors (Lipinski definition) is 3. The van der Waals surface area contributed by atoms with Crippen LogP contribution in [-0.4, -0.2) is 21.0 Å². The molecule has 0 aliphatic rings. The highest BCUT2D eigenvalue weighted by atomic mass is 35.5. The van der Waals surface area contributed by atoms with Crippen LogP contribution in [0.5, 0.6) is 0 Å². The lowest BCUT2D eigenvalue weighted by atomic mass is 10.2. The third-order valence-corrected chi connectivity index (χ3v) is 2.81. The molecule has 0 spiro atoms. The normalized spacial score (nSPS) is 11.3. The van der Waals surface area contributed by atoms with Crippen molar-refractivity contribution >= 4 is 27.7 Å². The summed E-state index contributed by atoms with van der Waals surface area (Å²) >= 11 is 5.73. The maximum absolute atomic E-state index is 11.0. The van der Waals surface area contributed by atoms with Gasteiger partial charge in [0.15, 0.2) is 16.1 Å². The van der Waals surface area contributed by atoms with Gasteiger partial charge in [0, 0.05) is 11.8 Å². The van der Waals surface area contributed by atoms with E-state index in [9.17, 15) is 13.2 Å². The number of sulfone groups is 1. The predicted molar refractivity (Wildman–Crippen MR) is 55.4 cm³/mol. The van der Waals surface area contributed by atoms with Gasteiger partial charge < -0.3 is 0 Å². The van der Waals surface area contributed by atoms with Crippen LogP contribution < -0.4 is 0 Å². The lowest BCUT2D eigenvalue weighted by Crippen LogP contribution is -2.00. The van der Waals surface area contributed by atoms with Crippen LogP contribution in [0.1, 0.15) is 15.9 Å². The molecule has 0 aliphatic heterocycles. The van der Waals surface area contributed by atoms with E-state index in [1.54, 1.807) is 6.07 Å². The fourth-order valence-corrected chi connectivity index (χ4v) is 2.09. The van der Waals surface area contributed by atoms with E-state index in [1.807, 2.05) is 0 Å². The van der Waals surface area contributed by atoms with Gasteiger partial charge >= 0.3 is 0 Å². The van der Waals surface area contributed by atoms with E-state index >= 15 is 0 Å². The molecule has 0 fully saturated rings. The van der Waals surface area contributed by atoms with Crippen molar-refractivity contribution in [2.45, 2.75) is 5.75 Å². The second kappa shape index (κ2) is 4.11. The minimum atomic E-state index is -3.06. The molecule has 0 heterocycles. The Hall–Kier alpha value is -0.870. The van der Waals surface area contributed by atoms with E-state index in [0.717, 1.165) is 6.26 Å². The quantitative estimate of drug-likeness (QED) is 0.746. The molecule has 0 radical (unpaired) electrons.